The maximum atomic E-state index is 12.8. The summed E-state index contributed by atoms with van der Waals surface area (Å²) in [5, 5.41) is 0. The van der Waals surface area contributed by atoms with Gasteiger partial charge in [-0.25, -0.2) is 9.97 Å². The lowest BCUT2D eigenvalue weighted by molar-refractivity contribution is 0.569. The smallest absolute Gasteiger partial charge is 0.216 e. The SMILES string of the molecule is CCc1cc(F)nc(CSC)n1. The Bertz CT molecular complexity index is 265. The van der Waals surface area contributed by atoms with Gasteiger partial charge in [0, 0.05) is 11.8 Å². The fourth-order valence-electron chi connectivity index (χ4n) is 0.891. The lowest BCUT2D eigenvalue weighted by Gasteiger charge is -2.00. The second-order valence-electron chi connectivity index (χ2n) is 2.38. The summed E-state index contributed by atoms with van der Waals surface area (Å²) in [6.07, 6.45) is 2.70. The Morgan fingerprint density at radius 1 is 1.50 bits per heavy atom. The van der Waals surface area contributed by atoms with Crippen LogP contribution in [0, 0.1) is 5.95 Å². The summed E-state index contributed by atoms with van der Waals surface area (Å²) in [4.78, 5) is 7.84. The number of thioether (sulfide) groups is 1. The van der Waals surface area contributed by atoms with E-state index in [0.717, 1.165) is 12.1 Å². The summed E-state index contributed by atoms with van der Waals surface area (Å²) in [5.74, 6) is 0.829. The molecule has 2 nitrogen and oxygen atoms in total. The topological polar surface area (TPSA) is 25.8 Å². The van der Waals surface area contributed by atoms with Crippen molar-refractivity contribution in [1.82, 2.24) is 9.97 Å². The minimum absolute atomic E-state index is 0.425. The Kier molecular flexibility index (Phi) is 3.47. The first kappa shape index (κ1) is 9.45. The van der Waals surface area contributed by atoms with Gasteiger partial charge in [0.05, 0.1) is 5.75 Å². The summed E-state index contributed by atoms with van der Waals surface area (Å²) in [6.45, 7) is 1.95. The van der Waals surface area contributed by atoms with Gasteiger partial charge in [-0.15, -0.1) is 0 Å². The highest BCUT2D eigenvalue weighted by molar-refractivity contribution is 7.97. The zero-order chi connectivity index (χ0) is 8.97. The average Bonchev–Trinajstić information content (AvgIpc) is 2.04. The number of rotatable bonds is 3. The van der Waals surface area contributed by atoms with E-state index in [1.54, 1.807) is 11.8 Å². The van der Waals surface area contributed by atoms with Crippen LogP contribution in [0.15, 0.2) is 6.07 Å². The molecule has 1 aromatic heterocycles. The van der Waals surface area contributed by atoms with Gasteiger partial charge in [0.2, 0.25) is 5.95 Å². The molecule has 0 unspecified atom stereocenters. The van der Waals surface area contributed by atoms with Crippen LogP contribution in [0.4, 0.5) is 4.39 Å². The third-order valence-corrected chi connectivity index (χ3v) is 1.98. The molecule has 0 saturated carbocycles. The van der Waals surface area contributed by atoms with E-state index in [2.05, 4.69) is 9.97 Å². The number of aryl methyl sites for hydroxylation is 1. The highest BCUT2D eigenvalue weighted by atomic mass is 32.2. The first-order valence-corrected chi connectivity index (χ1v) is 5.17. The molecule has 0 atom stereocenters. The lowest BCUT2D eigenvalue weighted by Crippen LogP contribution is -1.99. The van der Waals surface area contributed by atoms with Crippen LogP contribution in [0.25, 0.3) is 0 Å². The van der Waals surface area contributed by atoms with Crippen LogP contribution in [-0.2, 0) is 12.2 Å². The van der Waals surface area contributed by atoms with Gasteiger partial charge < -0.3 is 0 Å². The molecule has 0 aliphatic heterocycles. The van der Waals surface area contributed by atoms with Gasteiger partial charge in [-0.1, -0.05) is 6.92 Å². The number of hydrogen-bond donors (Lipinski definition) is 0. The molecule has 0 bridgehead atoms. The molecular formula is C8H11FN2S. The largest absolute Gasteiger partial charge is 0.237 e. The second-order valence-corrected chi connectivity index (χ2v) is 3.25. The average molecular weight is 186 g/mol. The minimum Gasteiger partial charge on any atom is -0.237 e. The Labute approximate surface area is 75.6 Å². The Morgan fingerprint density at radius 3 is 2.83 bits per heavy atom. The quantitative estimate of drug-likeness (QED) is 0.675. The third-order valence-electron chi connectivity index (χ3n) is 1.43. The molecule has 12 heavy (non-hydrogen) atoms. The van der Waals surface area contributed by atoms with E-state index in [-0.39, 0.29) is 0 Å². The Morgan fingerprint density at radius 2 is 2.25 bits per heavy atom. The fourth-order valence-corrected chi connectivity index (χ4v) is 1.28. The van der Waals surface area contributed by atoms with Crippen LogP contribution in [0.3, 0.4) is 0 Å². The molecular weight excluding hydrogens is 175 g/mol. The van der Waals surface area contributed by atoms with Crippen LogP contribution in [0.2, 0.25) is 0 Å². The molecule has 66 valence electrons. The zero-order valence-electron chi connectivity index (χ0n) is 7.17. The van der Waals surface area contributed by atoms with E-state index in [0.29, 0.717) is 11.6 Å². The van der Waals surface area contributed by atoms with Crippen molar-refractivity contribution in [3.8, 4) is 0 Å². The minimum atomic E-state index is -0.425. The standard InChI is InChI=1S/C8H11FN2S/c1-3-6-4-7(9)11-8(10-6)5-12-2/h4H,3,5H2,1-2H3. The van der Waals surface area contributed by atoms with Crippen LogP contribution in [0.1, 0.15) is 18.4 Å². The van der Waals surface area contributed by atoms with Crippen molar-refractivity contribution in [2.24, 2.45) is 0 Å². The molecule has 1 heterocycles. The van der Waals surface area contributed by atoms with Crippen molar-refractivity contribution >= 4 is 11.8 Å². The predicted molar refractivity (Wildman–Crippen MR) is 48.6 cm³/mol. The molecule has 0 amide bonds. The van der Waals surface area contributed by atoms with E-state index in [4.69, 9.17) is 0 Å². The summed E-state index contributed by atoms with van der Waals surface area (Å²) >= 11 is 1.59. The number of aromatic nitrogens is 2. The number of nitrogens with zero attached hydrogens (tertiary/aromatic N) is 2. The van der Waals surface area contributed by atoms with Crippen molar-refractivity contribution < 1.29 is 4.39 Å². The van der Waals surface area contributed by atoms with Crippen LogP contribution in [-0.4, -0.2) is 16.2 Å². The molecule has 0 radical (unpaired) electrons. The normalized spacial score (nSPS) is 10.2. The van der Waals surface area contributed by atoms with Crippen molar-refractivity contribution in [1.29, 1.82) is 0 Å². The van der Waals surface area contributed by atoms with Crippen molar-refractivity contribution in [2.45, 2.75) is 19.1 Å². The van der Waals surface area contributed by atoms with E-state index in [1.807, 2.05) is 13.2 Å². The highest BCUT2D eigenvalue weighted by Crippen LogP contribution is 2.06. The van der Waals surface area contributed by atoms with E-state index in [9.17, 15) is 4.39 Å². The fraction of sp³-hybridized carbons (Fsp3) is 0.500. The van der Waals surface area contributed by atoms with Crippen molar-refractivity contribution in [3.63, 3.8) is 0 Å². The maximum Gasteiger partial charge on any atom is 0.216 e. The maximum absolute atomic E-state index is 12.8. The number of halogens is 1. The van der Waals surface area contributed by atoms with Crippen LogP contribution in [0.5, 0.6) is 0 Å². The molecule has 1 rings (SSSR count). The summed E-state index contributed by atoms with van der Waals surface area (Å²) in [5.41, 5.74) is 0.770. The molecule has 0 saturated heterocycles. The molecule has 0 aliphatic rings. The molecule has 0 aliphatic carbocycles. The first-order chi connectivity index (χ1) is 5.76. The van der Waals surface area contributed by atoms with Crippen molar-refractivity contribution in [2.75, 3.05) is 6.26 Å². The Balaban J connectivity index is 2.90. The predicted octanol–water partition coefficient (Wildman–Crippen LogP) is 2.04. The van der Waals surface area contributed by atoms with Crippen LogP contribution >= 0.6 is 11.8 Å². The van der Waals surface area contributed by atoms with Gasteiger partial charge >= 0.3 is 0 Å². The van der Waals surface area contributed by atoms with Gasteiger partial charge in [0.1, 0.15) is 5.82 Å². The first-order valence-electron chi connectivity index (χ1n) is 3.77. The van der Waals surface area contributed by atoms with E-state index < -0.39 is 5.95 Å². The summed E-state index contributed by atoms with van der Waals surface area (Å²) in [7, 11) is 0. The lowest BCUT2D eigenvalue weighted by atomic mass is 10.3. The Hall–Kier alpha value is -0.640. The van der Waals surface area contributed by atoms with Gasteiger partial charge in [-0.05, 0) is 12.7 Å². The zero-order valence-corrected chi connectivity index (χ0v) is 7.99. The van der Waals surface area contributed by atoms with Gasteiger partial charge in [-0.2, -0.15) is 16.2 Å². The van der Waals surface area contributed by atoms with Gasteiger partial charge in [0.15, 0.2) is 0 Å². The van der Waals surface area contributed by atoms with E-state index >= 15 is 0 Å². The van der Waals surface area contributed by atoms with Gasteiger partial charge in [-0.3, -0.25) is 0 Å². The van der Waals surface area contributed by atoms with Crippen LogP contribution < -0.4 is 0 Å². The number of hydrogen-bond acceptors (Lipinski definition) is 3. The molecule has 0 fully saturated rings. The molecule has 0 aromatic carbocycles. The molecule has 4 heteroatoms. The second kappa shape index (κ2) is 4.40. The third kappa shape index (κ3) is 2.44. The molecule has 0 N–H and O–H groups in total. The van der Waals surface area contributed by atoms with Crippen molar-refractivity contribution in [3.05, 3.63) is 23.5 Å². The molecule has 0 spiro atoms. The summed E-state index contributed by atoms with van der Waals surface area (Å²) < 4.78 is 12.8. The van der Waals surface area contributed by atoms with Gasteiger partial charge in [0.25, 0.3) is 0 Å². The monoisotopic (exact) mass is 186 g/mol. The molecule has 1 aromatic rings. The highest BCUT2D eigenvalue weighted by Gasteiger charge is 2.01. The van der Waals surface area contributed by atoms with E-state index in [1.165, 1.54) is 6.07 Å². The summed E-state index contributed by atoms with van der Waals surface area (Å²) in [6, 6.07) is 1.38.